The maximum absolute atomic E-state index is 4.98. The van der Waals surface area contributed by atoms with Crippen LogP contribution in [0, 0.1) is 0 Å². The average molecular weight is 202 g/mol. The van der Waals surface area contributed by atoms with E-state index in [9.17, 15) is 0 Å². The minimum atomic E-state index is 0.211. The second-order valence-electron chi connectivity index (χ2n) is 4.83. The molecule has 1 unspecified atom stereocenters. The highest BCUT2D eigenvalue weighted by Crippen LogP contribution is 1.97. The quantitative estimate of drug-likeness (QED) is 0.612. The molecule has 0 bridgehead atoms. The highest BCUT2D eigenvalue weighted by molar-refractivity contribution is 4.74. The van der Waals surface area contributed by atoms with Gasteiger partial charge >= 0.3 is 0 Å². The Bertz CT molecular complexity index is 132. The van der Waals surface area contributed by atoms with Gasteiger partial charge in [-0.25, -0.2) is 0 Å². The zero-order valence-electron chi connectivity index (χ0n) is 10.3. The number of ether oxygens (including phenoxy) is 1. The number of rotatable bonds is 7. The van der Waals surface area contributed by atoms with Gasteiger partial charge in [-0.15, -0.1) is 0 Å². The van der Waals surface area contributed by atoms with Gasteiger partial charge < -0.3 is 15.4 Å². The van der Waals surface area contributed by atoms with E-state index in [1.807, 2.05) is 0 Å². The highest BCUT2D eigenvalue weighted by atomic mass is 16.5. The summed E-state index contributed by atoms with van der Waals surface area (Å²) in [6.07, 6.45) is 1.08. The molecule has 0 aromatic rings. The first-order valence-corrected chi connectivity index (χ1v) is 5.43. The Hall–Kier alpha value is -0.120. The molecule has 0 radical (unpaired) electrons. The van der Waals surface area contributed by atoms with Crippen LogP contribution in [-0.2, 0) is 4.74 Å². The third-order valence-electron chi connectivity index (χ3n) is 1.96. The van der Waals surface area contributed by atoms with Crippen LogP contribution in [0.1, 0.15) is 34.1 Å². The van der Waals surface area contributed by atoms with Crippen molar-refractivity contribution in [3.05, 3.63) is 0 Å². The molecule has 0 aliphatic carbocycles. The lowest BCUT2D eigenvalue weighted by Gasteiger charge is -2.24. The van der Waals surface area contributed by atoms with E-state index < -0.39 is 0 Å². The van der Waals surface area contributed by atoms with Crippen molar-refractivity contribution in [3.63, 3.8) is 0 Å². The molecular formula is C11H26N2O. The van der Waals surface area contributed by atoms with E-state index in [1.165, 1.54) is 0 Å². The highest BCUT2D eigenvalue weighted by Gasteiger charge is 2.10. The third kappa shape index (κ3) is 9.96. The largest absolute Gasteiger partial charge is 0.385 e. The van der Waals surface area contributed by atoms with Gasteiger partial charge in [-0.2, -0.15) is 0 Å². The molecule has 2 N–H and O–H groups in total. The zero-order valence-corrected chi connectivity index (χ0v) is 10.3. The molecule has 0 aliphatic heterocycles. The summed E-state index contributed by atoms with van der Waals surface area (Å²) >= 11 is 0. The lowest BCUT2D eigenvalue weighted by molar-refractivity contribution is 0.193. The van der Waals surface area contributed by atoms with Crippen molar-refractivity contribution in [1.82, 2.24) is 10.6 Å². The number of nitrogens with one attached hydrogen (secondary N) is 2. The zero-order chi connectivity index (χ0) is 11.0. The molecule has 0 saturated carbocycles. The van der Waals surface area contributed by atoms with E-state index in [2.05, 4.69) is 38.3 Å². The van der Waals surface area contributed by atoms with Gasteiger partial charge in [-0.05, 0) is 40.7 Å². The van der Waals surface area contributed by atoms with Crippen molar-refractivity contribution < 1.29 is 4.74 Å². The van der Waals surface area contributed by atoms with Crippen LogP contribution in [0.15, 0.2) is 0 Å². The third-order valence-corrected chi connectivity index (χ3v) is 1.96. The van der Waals surface area contributed by atoms with Crippen molar-refractivity contribution in [2.24, 2.45) is 0 Å². The normalized spacial score (nSPS) is 14.4. The fraction of sp³-hybridized carbons (Fsp3) is 1.00. The summed E-state index contributed by atoms with van der Waals surface area (Å²) in [5.74, 6) is 0. The van der Waals surface area contributed by atoms with E-state index in [0.29, 0.717) is 6.04 Å². The van der Waals surface area contributed by atoms with Gasteiger partial charge in [-0.3, -0.25) is 0 Å². The average Bonchev–Trinajstić information content (AvgIpc) is 2.08. The minimum absolute atomic E-state index is 0.211. The molecule has 1 atom stereocenters. The Morgan fingerprint density at radius 1 is 1.29 bits per heavy atom. The Kier molecular flexibility index (Phi) is 7.15. The van der Waals surface area contributed by atoms with Crippen molar-refractivity contribution in [2.45, 2.75) is 45.7 Å². The maximum Gasteiger partial charge on any atom is 0.0474 e. The van der Waals surface area contributed by atoms with E-state index in [0.717, 1.165) is 26.1 Å². The summed E-state index contributed by atoms with van der Waals surface area (Å²) < 4.78 is 4.98. The molecule has 0 saturated heterocycles. The predicted octanol–water partition coefficient (Wildman–Crippen LogP) is 1.39. The number of hydrogen-bond acceptors (Lipinski definition) is 3. The summed E-state index contributed by atoms with van der Waals surface area (Å²) in [5, 5.41) is 6.92. The summed E-state index contributed by atoms with van der Waals surface area (Å²) in [6.45, 7) is 11.6. The van der Waals surface area contributed by atoms with Crippen LogP contribution < -0.4 is 10.6 Å². The van der Waals surface area contributed by atoms with Crippen molar-refractivity contribution in [3.8, 4) is 0 Å². The minimum Gasteiger partial charge on any atom is -0.385 e. The van der Waals surface area contributed by atoms with Gasteiger partial charge in [-0.1, -0.05) is 0 Å². The molecule has 0 heterocycles. The molecule has 0 aromatic heterocycles. The molecule has 0 spiro atoms. The smallest absolute Gasteiger partial charge is 0.0474 e. The van der Waals surface area contributed by atoms with Gasteiger partial charge in [0.15, 0.2) is 0 Å². The molecule has 0 aromatic carbocycles. The van der Waals surface area contributed by atoms with Crippen LogP contribution in [0.2, 0.25) is 0 Å². The first-order chi connectivity index (χ1) is 6.45. The van der Waals surface area contributed by atoms with E-state index >= 15 is 0 Å². The SMILES string of the molecule is COCCCNC(C)CNC(C)(C)C. The van der Waals surface area contributed by atoms with Crippen LogP contribution in [-0.4, -0.2) is 38.4 Å². The van der Waals surface area contributed by atoms with E-state index in [-0.39, 0.29) is 5.54 Å². The van der Waals surface area contributed by atoms with Gasteiger partial charge in [0.05, 0.1) is 0 Å². The number of methoxy groups -OCH3 is 1. The second-order valence-corrected chi connectivity index (χ2v) is 4.83. The molecule has 0 rings (SSSR count). The van der Waals surface area contributed by atoms with Crippen molar-refractivity contribution >= 4 is 0 Å². The molecular weight excluding hydrogens is 176 g/mol. The van der Waals surface area contributed by atoms with Crippen LogP contribution in [0.5, 0.6) is 0 Å². The van der Waals surface area contributed by atoms with Crippen LogP contribution in [0.25, 0.3) is 0 Å². The molecule has 0 aliphatic rings. The van der Waals surface area contributed by atoms with Gasteiger partial charge in [0.25, 0.3) is 0 Å². The standard InChI is InChI=1S/C11H26N2O/c1-10(9-13-11(2,3)4)12-7-6-8-14-5/h10,12-13H,6-9H2,1-5H3. The fourth-order valence-corrected chi connectivity index (χ4v) is 1.10. The molecule has 0 fully saturated rings. The summed E-state index contributed by atoms with van der Waals surface area (Å²) in [7, 11) is 1.74. The van der Waals surface area contributed by atoms with Crippen LogP contribution >= 0.6 is 0 Å². The van der Waals surface area contributed by atoms with Crippen molar-refractivity contribution in [2.75, 3.05) is 26.8 Å². The Balaban J connectivity index is 3.32. The second kappa shape index (κ2) is 7.21. The van der Waals surface area contributed by atoms with E-state index in [4.69, 9.17) is 4.74 Å². The lowest BCUT2D eigenvalue weighted by Crippen LogP contribution is -2.44. The van der Waals surface area contributed by atoms with E-state index in [1.54, 1.807) is 7.11 Å². The van der Waals surface area contributed by atoms with Gasteiger partial charge in [0, 0.05) is 31.8 Å². The summed E-state index contributed by atoms with van der Waals surface area (Å²) in [4.78, 5) is 0. The summed E-state index contributed by atoms with van der Waals surface area (Å²) in [5.41, 5.74) is 0.211. The fourth-order valence-electron chi connectivity index (χ4n) is 1.10. The molecule has 14 heavy (non-hydrogen) atoms. The first-order valence-electron chi connectivity index (χ1n) is 5.43. The Morgan fingerprint density at radius 3 is 2.43 bits per heavy atom. The lowest BCUT2D eigenvalue weighted by atomic mass is 10.1. The maximum atomic E-state index is 4.98. The van der Waals surface area contributed by atoms with Gasteiger partial charge in [0.2, 0.25) is 0 Å². The summed E-state index contributed by atoms with van der Waals surface area (Å²) in [6, 6.07) is 0.520. The Labute approximate surface area is 88.6 Å². The molecule has 3 heteroatoms. The van der Waals surface area contributed by atoms with Crippen molar-refractivity contribution in [1.29, 1.82) is 0 Å². The molecule has 86 valence electrons. The molecule has 0 amide bonds. The Morgan fingerprint density at radius 2 is 1.93 bits per heavy atom. The molecule has 3 nitrogen and oxygen atoms in total. The topological polar surface area (TPSA) is 33.3 Å². The van der Waals surface area contributed by atoms with Crippen LogP contribution in [0.3, 0.4) is 0 Å². The van der Waals surface area contributed by atoms with Crippen LogP contribution in [0.4, 0.5) is 0 Å². The predicted molar refractivity (Wildman–Crippen MR) is 61.7 cm³/mol. The first kappa shape index (κ1) is 13.9. The monoisotopic (exact) mass is 202 g/mol. The van der Waals surface area contributed by atoms with Gasteiger partial charge in [0.1, 0.15) is 0 Å². The number of hydrogen-bond donors (Lipinski definition) is 2.